The Morgan fingerprint density at radius 3 is 2.69 bits per heavy atom. The largest absolute Gasteiger partial charge is 0.452 e. The Bertz CT molecular complexity index is 1330. The van der Waals surface area contributed by atoms with Crippen LogP contribution < -0.4 is 5.32 Å². The zero-order chi connectivity index (χ0) is 22.7. The summed E-state index contributed by atoms with van der Waals surface area (Å²) < 4.78 is 5.25. The smallest absolute Gasteiger partial charge is 0.339 e. The molecule has 0 aliphatic heterocycles. The lowest BCUT2D eigenvalue weighted by molar-refractivity contribution is -0.385. The lowest BCUT2D eigenvalue weighted by Gasteiger charge is -2.11. The van der Waals surface area contributed by atoms with Crippen LogP contribution in [0.1, 0.15) is 15.9 Å². The van der Waals surface area contributed by atoms with Crippen molar-refractivity contribution in [3.63, 3.8) is 0 Å². The van der Waals surface area contributed by atoms with E-state index in [1.165, 1.54) is 30.4 Å². The van der Waals surface area contributed by atoms with Gasteiger partial charge in [0, 0.05) is 11.5 Å². The molecule has 9 heteroatoms. The highest BCUT2D eigenvalue weighted by Crippen LogP contribution is 2.28. The first-order valence-corrected chi connectivity index (χ1v) is 10.5. The Morgan fingerprint density at radius 1 is 1.12 bits per heavy atom. The molecule has 0 unspecified atom stereocenters. The first-order valence-electron chi connectivity index (χ1n) is 9.58. The van der Waals surface area contributed by atoms with Crippen LogP contribution in [0.3, 0.4) is 0 Å². The van der Waals surface area contributed by atoms with Crippen molar-refractivity contribution in [2.45, 2.75) is 6.92 Å². The Hall–Kier alpha value is -4.11. The van der Waals surface area contributed by atoms with Crippen LogP contribution in [0, 0.1) is 17.0 Å². The summed E-state index contributed by atoms with van der Waals surface area (Å²) in [6, 6.07) is 17.0. The van der Waals surface area contributed by atoms with Gasteiger partial charge in [0.15, 0.2) is 6.61 Å². The number of rotatable bonds is 6. The number of nitrogens with one attached hydrogen (secondary N) is 1. The summed E-state index contributed by atoms with van der Waals surface area (Å²) in [5.74, 6) is -1.26. The SMILES string of the molecule is Cc1c(NC(=O)COC(=O)c2cc(-c3cccs3)nc3ccccc23)cccc1[N+](=O)[O-]. The summed E-state index contributed by atoms with van der Waals surface area (Å²) in [6.45, 7) is 1.00. The maximum absolute atomic E-state index is 12.8. The van der Waals surface area contributed by atoms with Gasteiger partial charge < -0.3 is 10.1 Å². The topological polar surface area (TPSA) is 111 Å². The highest BCUT2D eigenvalue weighted by Gasteiger charge is 2.18. The lowest BCUT2D eigenvalue weighted by atomic mass is 10.1. The number of thiophene rings is 1. The Labute approximate surface area is 186 Å². The van der Waals surface area contributed by atoms with Crippen LogP contribution in [0.25, 0.3) is 21.5 Å². The molecule has 2 aromatic heterocycles. The number of nitrogens with zero attached hydrogens (tertiary/aromatic N) is 2. The minimum atomic E-state index is -0.660. The fourth-order valence-corrected chi connectivity index (χ4v) is 3.93. The predicted molar refractivity (Wildman–Crippen MR) is 122 cm³/mol. The van der Waals surface area contributed by atoms with Crippen LogP contribution >= 0.6 is 11.3 Å². The summed E-state index contributed by atoms with van der Waals surface area (Å²) in [6.07, 6.45) is 0. The van der Waals surface area contributed by atoms with Crippen molar-refractivity contribution in [2.75, 3.05) is 11.9 Å². The standard InChI is InChI=1S/C23H17N3O5S/c1-14-17(8-4-9-20(14)26(29)30)25-22(27)13-31-23(28)16-12-19(21-10-5-11-32-21)24-18-7-3-2-6-15(16)18/h2-12H,13H2,1H3,(H,25,27). The number of carbonyl (C=O) groups excluding carboxylic acids is 2. The van der Waals surface area contributed by atoms with Gasteiger partial charge in [0.2, 0.25) is 0 Å². The van der Waals surface area contributed by atoms with E-state index in [1.54, 1.807) is 30.3 Å². The number of hydrogen-bond acceptors (Lipinski definition) is 7. The minimum absolute atomic E-state index is 0.107. The second-order valence-corrected chi connectivity index (χ2v) is 7.83. The molecule has 32 heavy (non-hydrogen) atoms. The van der Waals surface area contributed by atoms with E-state index in [1.807, 2.05) is 23.6 Å². The molecule has 1 amide bonds. The number of para-hydroxylation sites is 1. The van der Waals surface area contributed by atoms with E-state index in [4.69, 9.17) is 4.74 Å². The van der Waals surface area contributed by atoms with Crippen LogP contribution in [-0.2, 0) is 9.53 Å². The molecule has 4 rings (SSSR count). The van der Waals surface area contributed by atoms with Crippen LogP contribution in [0.15, 0.2) is 66.0 Å². The van der Waals surface area contributed by atoms with Gasteiger partial charge in [-0.05, 0) is 36.6 Å². The van der Waals surface area contributed by atoms with Gasteiger partial charge in [-0.25, -0.2) is 9.78 Å². The van der Waals surface area contributed by atoms with E-state index in [0.717, 1.165) is 4.88 Å². The fourth-order valence-electron chi connectivity index (χ4n) is 3.25. The van der Waals surface area contributed by atoms with Crippen molar-refractivity contribution in [1.82, 2.24) is 4.98 Å². The highest BCUT2D eigenvalue weighted by atomic mass is 32.1. The van der Waals surface area contributed by atoms with Crippen LogP contribution in [0.2, 0.25) is 0 Å². The van der Waals surface area contributed by atoms with Gasteiger partial charge in [-0.1, -0.05) is 30.3 Å². The normalized spacial score (nSPS) is 10.7. The van der Waals surface area contributed by atoms with Crippen molar-refractivity contribution in [1.29, 1.82) is 0 Å². The molecule has 2 aromatic carbocycles. The molecule has 0 aliphatic carbocycles. The van der Waals surface area contributed by atoms with Crippen molar-refractivity contribution in [3.05, 3.63) is 87.3 Å². The molecule has 0 saturated heterocycles. The molecule has 0 saturated carbocycles. The number of nitro benzene ring substituents is 1. The summed E-state index contributed by atoms with van der Waals surface area (Å²) in [7, 11) is 0. The first kappa shape index (κ1) is 21.1. The molecule has 0 radical (unpaired) electrons. The van der Waals surface area contributed by atoms with Crippen molar-refractivity contribution in [2.24, 2.45) is 0 Å². The number of ether oxygens (including phenoxy) is 1. The van der Waals surface area contributed by atoms with Crippen molar-refractivity contribution in [3.8, 4) is 10.6 Å². The third kappa shape index (κ3) is 4.33. The fraction of sp³-hybridized carbons (Fsp3) is 0.0870. The number of hydrogen-bond donors (Lipinski definition) is 1. The summed E-state index contributed by atoms with van der Waals surface area (Å²) in [4.78, 5) is 41.2. The van der Waals surface area contributed by atoms with E-state index in [0.29, 0.717) is 27.7 Å². The van der Waals surface area contributed by atoms with Gasteiger partial charge in [0.05, 0.1) is 37.8 Å². The zero-order valence-corrected chi connectivity index (χ0v) is 17.7. The molecule has 0 bridgehead atoms. The minimum Gasteiger partial charge on any atom is -0.452 e. The van der Waals surface area contributed by atoms with Gasteiger partial charge in [-0.2, -0.15) is 0 Å². The second-order valence-electron chi connectivity index (χ2n) is 6.88. The number of esters is 1. The Balaban J connectivity index is 1.53. The molecule has 160 valence electrons. The molecule has 1 N–H and O–H groups in total. The summed E-state index contributed by atoms with van der Waals surface area (Å²) >= 11 is 1.50. The van der Waals surface area contributed by atoms with Gasteiger partial charge in [-0.15, -0.1) is 11.3 Å². The quantitative estimate of drug-likeness (QED) is 0.254. The van der Waals surface area contributed by atoms with E-state index >= 15 is 0 Å². The first-order chi connectivity index (χ1) is 15.4. The molecule has 0 aliphatic rings. The maximum Gasteiger partial charge on any atom is 0.339 e. The van der Waals surface area contributed by atoms with Gasteiger partial charge in [0.1, 0.15) is 0 Å². The Morgan fingerprint density at radius 2 is 1.94 bits per heavy atom. The molecule has 2 heterocycles. The second kappa shape index (κ2) is 8.94. The van der Waals surface area contributed by atoms with Crippen LogP contribution in [-0.4, -0.2) is 28.4 Å². The predicted octanol–water partition coefficient (Wildman–Crippen LogP) is 4.98. The molecule has 4 aromatic rings. The number of aromatic nitrogens is 1. The third-order valence-corrected chi connectivity index (χ3v) is 5.71. The molecule has 0 spiro atoms. The lowest BCUT2D eigenvalue weighted by Crippen LogP contribution is -2.21. The highest BCUT2D eigenvalue weighted by molar-refractivity contribution is 7.13. The van der Waals surface area contributed by atoms with E-state index in [9.17, 15) is 19.7 Å². The average Bonchev–Trinajstić information content (AvgIpc) is 3.33. The van der Waals surface area contributed by atoms with E-state index in [2.05, 4.69) is 10.3 Å². The number of fused-ring (bicyclic) bond motifs is 1. The molecule has 8 nitrogen and oxygen atoms in total. The van der Waals surface area contributed by atoms with Crippen molar-refractivity contribution < 1.29 is 19.2 Å². The Kier molecular flexibility index (Phi) is 5.91. The number of nitro groups is 1. The van der Waals surface area contributed by atoms with Crippen LogP contribution in [0.5, 0.6) is 0 Å². The van der Waals surface area contributed by atoms with Crippen molar-refractivity contribution >= 4 is 45.5 Å². The average molecular weight is 447 g/mol. The third-order valence-electron chi connectivity index (χ3n) is 4.82. The molecular formula is C23H17N3O5S. The number of carbonyl (C=O) groups is 2. The number of benzene rings is 2. The number of amides is 1. The maximum atomic E-state index is 12.8. The van der Waals surface area contributed by atoms with E-state index < -0.39 is 23.4 Å². The molecular weight excluding hydrogens is 430 g/mol. The van der Waals surface area contributed by atoms with Crippen LogP contribution in [0.4, 0.5) is 11.4 Å². The monoisotopic (exact) mass is 447 g/mol. The molecule has 0 fully saturated rings. The number of anilines is 1. The van der Waals surface area contributed by atoms with Gasteiger partial charge in [0.25, 0.3) is 11.6 Å². The zero-order valence-electron chi connectivity index (χ0n) is 16.9. The number of pyridine rings is 1. The van der Waals surface area contributed by atoms with Gasteiger partial charge >= 0.3 is 5.97 Å². The van der Waals surface area contributed by atoms with Gasteiger partial charge in [-0.3, -0.25) is 14.9 Å². The molecule has 0 atom stereocenters. The van der Waals surface area contributed by atoms with E-state index in [-0.39, 0.29) is 11.4 Å². The summed E-state index contributed by atoms with van der Waals surface area (Å²) in [5, 5.41) is 16.2. The summed E-state index contributed by atoms with van der Waals surface area (Å²) in [5.41, 5.74) is 2.08.